The van der Waals surface area contributed by atoms with Crippen LogP contribution in [0.5, 0.6) is 0 Å². The Kier molecular flexibility index (Phi) is 6.28. The smallest absolute Gasteiger partial charge is 0.136 e. The molecular formula is C50H31NO. The summed E-state index contributed by atoms with van der Waals surface area (Å²) in [6, 6.07) is 68.1. The maximum atomic E-state index is 6.40. The fraction of sp³-hybridized carbons (Fsp3) is 0. The Labute approximate surface area is 300 Å². The normalized spacial score (nSPS) is 11.8. The van der Waals surface area contributed by atoms with Crippen LogP contribution in [0.15, 0.2) is 192 Å². The van der Waals surface area contributed by atoms with Gasteiger partial charge in [0.15, 0.2) is 0 Å². The fourth-order valence-corrected chi connectivity index (χ4v) is 8.62. The summed E-state index contributed by atoms with van der Waals surface area (Å²) in [7, 11) is 0. The van der Waals surface area contributed by atoms with Crippen LogP contribution in [0.2, 0.25) is 0 Å². The molecule has 10 aromatic carbocycles. The van der Waals surface area contributed by atoms with Gasteiger partial charge in [0.1, 0.15) is 11.2 Å². The predicted octanol–water partition coefficient (Wildman–Crippen LogP) is 14.5. The lowest BCUT2D eigenvalue weighted by Crippen LogP contribution is -2.12. The third-order valence-electron chi connectivity index (χ3n) is 10.8. The molecule has 0 atom stereocenters. The van der Waals surface area contributed by atoms with Crippen molar-refractivity contribution in [2.75, 3.05) is 4.90 Å². The van der Waals surface area contributed by atoms with Gasteiger partial charge >= 0.3 is 0 Å². The Hall–Kier alpha value is -6.90. The molecule has 0 N–H and O–H groups in total. The van der Waals surface area contributed by atoms with Gasteiger partial charge in [-0.05, 0) is 79.7 Å². The molecule has 1 aromatic heterocycles. The lowest BCUT2D eigenvalue weighted by molar-refractivity contribution is 0.669. The van der Waals surface area contributed by atoms with Crippen LogP contribution < -0.4 is 4.90 Å². The third-order valence-corrected chi connectivity index (χ3v) is 10.8. The van der Waals surface area contributed by atoms with E-state index in [0.717, 1.165) is 33.6 Å². The van der Waals surface area contributed by atoms with Crippen LogP contribution in [0.1, 0.15) is 0 Å². The largest absolute Gasteiger partial charge is 0.456 e. The van der Waals surface area contributed by atoms with Gasteiger partial charge in [0.25, 0.3) is 0 Å². The van der Waals surface area contributed by atoms with Gasteiger partial charge < -0.3 is 9.32 Å². The SMILES string of the molecule is c1ccc(N(c2cccc3ccccc23)c2cccc3ccccc23)c(-c2cccc3c4ccc5oc6ccccc6c5c4c4ccccc4c23)c1. The van der Waals surface area contributed by atoms with Crippen molar-refractivity contribution < 1.29 is 4.42 Å². The van der Waals surface area contributed by atoms with Crippen molar-refractivity contribution in [1.29, 1.82) is 0 Å². The molecule has 0 aliphatic rings. The fourth-order valence-electron chi connectivity index (χ4n) is 8.62. The standard InChI is InChI=1S/C50H31NO/c1-3-18-34-32(14-1)16-11-27-43(34)51(44-28-12-17-33-15-2-4-19-35(33)44)45-26-9-7-20-36(45)37-24-13-25-39-41-30-31-47-50(42-23-8-10-29-46(42)52-47)49(41)40-22-6-5-21-38(40)48(37)39/h1-31H. The summed E-state index contributed by atoms with van der Waals surface area (Å²) in [5.41, 5.74) is 7.63. The second-order valence-electron chi connectivity index (χ2n) is 13.6. The molecule has 2 nitrogen and oxygen atoms in total. The van der Waals surface area contributed by atoms with E-state index in [2.05, 4.69) is 187 Å². The Bertz CT molecular complexity index is 3090. The average molecular weight is 662 g/mol. The van der Waals surface area contributed by atoms with E-state index in [-0.39, 0.29) is 0 Å². The summed E-state index contributed by atoms with van der Waals surface area (Å²) >= 11 is 0. The number of anilines is 3. The first-order valence-corrected chi connectivity index (χ1v) is 17.9. The van der Waals surface area contributed by atoms with Crippen molar-refractivity contribution in [3.8, 4) is 11.1 Å². The number of para-hydroxylation sites is 2. The quantitative estimate of drug-likeness (QED) is 0.175. The highest BCUT2D eigenvalue weighted by Gasteiger charge is 2.23. The van der Waals surface area contributed by atoms with Gasteiger partial charge in [-0.15, -0.1) is 0 Å². The van der Waals surface area contributed by atoms with E-state index in [1.165, 1.54) is 70.4 Å². The van der Waals surface area contributed by atoms with Crippen molar-refractivity contribution in [3.05, 3.63) is 188 Å². The molecule has 11 rings (SSSR count). The highest BCUT2D eigenvalue weighted by Crippen LogP contribution is 2.49. The highest BCUT2D eigenvalue weighted by molar-refractivity contribution is 6.36. The van der Waals surface area contributed by atoms with Gasteiger partial charge in [0.05, 0.1) is 17.1 Å². The van der Waals surface area contributed by atoms with E-state index in [9.17, 15) is 0 Å². The molecule has 0 fully saturated rings. The minimum Gasteiger partial charge on any atom is -0.456 e. The number of benzene rings is 10. The number of furan rings is 1. The van der Waals surface area contributed by atoms with Crippen LogP contribution in [0.4, 0.5) is 17.1 Å². The summed E-state index contributed by atoms with van der Waals surface area (Å²) in [5.74, 6) is 0. The van der Waals surface area contributed by atoms with Gasteiger partial charge in [0.2, 0.25) is 0 Å². The number of hydrogen-bond donors (Lipinski definition) is 0. The molecule has 0 aliphatic heterocycles. The average Bonchev–Trinajstić information content (AvgIpc) is 3.60. The summed E-state index contributed by atoms with van der Waals surface area (Å²) in [4.78, 5) is 2.48. The van der Waals surface area contributed by atoms with E-state index in [4.69, 9.17) is 4.42 Å². The molecule has 1 heterocycles. The molecule has 0 bridgehead atoms. The number of fused-ring (bicyclic) bond motifs is 12. The molecule has 0 aliphatic carbocycles. The Morgan fingerprint density at radius 3 is 1.44 bits per heavy atom. The van der Waals surface area contributed by atoms with Gasteiger partial charge in [-0.2, -0.15) is 0 Å². The number of nitrogens with zero attached hydrogens (tertiary/aromatic N) is 1. The van der Waals surface area contributed by atoms with Crippen LogP contribution in [0.3, 0.4) is 0 Å². The summed E-state index contributed by atoms with van der Waals surface area (Å²) < 4.78 is 6.40. The minimum absolute atomic E-state index is 0.916. The van der Waals surface area contributed by atoms with Gasteiger partial charge in [0, 0.05) is 32.5 Å². The van der Waals surface area contributed by atoms with E-state index >= 15 is 0 Å². The molecule has 0 saturated heterocycles. The van der Waals surface area contributed by atoms with Crippen LogP contribution in [0, 0.1) is 0 Å². The van der Waals surface area contributed by atoms with Gasteiger partial charge in [-0.25, -0.2) is 0 Å². The zero-order valence-corrected chi connectivity index (χ0v) is 28.3. The second-order valence-corrected chi connectivity index (χ2v) is 13.6. The van der Waals surface area contributed by atoms with Crippen molar-refractivity contribution in [1.82, 2.24) is 0 Å². The molecule has 0 amide bonds. The second kappa shape index (κ2) is 11.3. The van der Waals surface area contributed by atoms with Gasteiger partial charge in [-0.3, -0.25) is 0 Å². The van der Waals surface area contributed by atoms with E-state index in [1.807, 2.05) is 6.07 Å². The molecular weight excluding hydrogens is 631 g/mol. The Balaban J connectivity index is 1.26. The lowest BCUT2D eigenvalue weighted by Gasteiger charge is -2.30. The van der Waals surface area contributed by atoms with Crippen LogP contribution in [-0.4, -0.2) is 0 Å². The van der Waals surface area contributed by atoms with Gasteiger partial charge in [-0.1, -0.05) is 152 Å². The van der Waals surface area contributed by atoms with Crippen LogP contribution in [-0.2, 0) is 0 Å². The maximum absolute atomic E-state index is 6.40. The summed E-state index contributed by atoms with van der Waals surface area (Å²) in [6.07, 6.45) is 0. The lowest BCUT2D eigenvalue weighted by atomic mass is 9.87. The first kappa shape index (κ1) is 28.9. The molecule has 242 valence electrons. The Morgan fingerprint density at radius 1 is 0.269 bits per heavy atom. The van der Waals surface area contributed by atoms with E-state index in [1.54, 1.807) is 0 Å². The third kappa shape index (κ3) is 4.19. The molecule has 0 radical (unpaired) electrons. The first-order chi connectivity index (χ1) is 25.8. The molecule has 0 saturated carbocycles. The summed E-state index contributed by atoms with van der Waals surface area (Å²) in [5, 5.41) is 14.6. The topological polar surface area (TPSA) is 16.4 Å². The molecule has 52 heavy (non-hydrogen) atoms. The Morgan fingerprint density at radius 2 is 0.731 bits per heavy atom. The van der Waals surface area contributed by atoms with Crippen molar-refractivity contribution in [2.45, 2.75) is 0 Å². The first-order valence-electron chi connectivity index (χ1n) is 17.9. The maximum Gasteiger partial charge on any atom is 0.136 e. The van der Waals surface area contributed by atoms with Crippen LogP contribution >= 0.6 is 0 Å². The monoisotopic (exact) mass is 661 g/mol. The molecule has 11 aromatic rings. The van der Waals surface area contributed by atoms with Crippen LogP contribution in [0.25, 0.3) is 86.9 Å². The van der Waals surface area contributed by atoms with E-state index in [0.29, 0.717) is 0 Å². The summed E-state index contributed by atoms with van der Waals surface area (Å²) in [6.45, 7) is 0. The zero-order valence-electron chi connectivity index (χ0n) is 28.3. The number of rotatable bonds is 4. The minimum atomic E-state index is 0.916. The molecule has 0 spiro atoms. The van der Waals surface area contributed by atoms with E-state index < -0.39 is 0 Å². The van der Waals surface area contributed by atoms with Crippen molar-refractivity contribution in [3.63, 3.8) is 0 Å². The predicted molar refractivity (Wildman–Crippen MR) is 221 cm³/mol. The van der Waals surface area contributed by atoms with Crippen molar-refractivity contribution >= 4 is 92.9 Å². The molecule has 2 heteroatoms. The van der Waals surface area contributed by atoms with Crippen molar-refractivity contribution in [2.24, 2.45) is 0 Å². The number of hydrogen-bond acceptors (Lipinski definition) is 2. The highest BCUT2D eigenvalue weighted by atomic mass is 16.3. The molecule has 0 unspecified atom stereocenters. The zero-order chi connectivity index (χ0) is 34.2.